The standard InChI is InChI=1S/C17H28N4O2/c1-14(17(22)18-12-16-7-4-11-23-16)21-10-3-2-6-15(21)13-20-9-5-8-19-20/h5,8-9,14-16H,2-4,6-7,10-13H2,1H3,(H,18,22). The largest absolute Gasteiger partial charge is 0.376 e. The van der Waals surface area contributed by atoms with Gasteiger partial charge in [-0.1, -0.05) is 6.42 Å². The molecule has 2 aliphatic rings. The zero-order valence-corrected chi connectivity index (χ0v) is 14.0. The van der Waals surface area contributed by atoms with Crippen LogP contribution in [0.5, 0.6) is 0 Å². The van der Waals surface area contributed by atoms with Crippen molar-refractivity contribution in [2.45, 2.75) is 63.8 Å². The molecule has 1 amide bonds. The first-order chi connectivity index (χ1) is 11.2. The van der Waals surface area contributed by atoms with Crippen LogP contribution in [0.15, 0.2) is 18.5 Å². The highest BCUT2D eigenvalue weighted by molar-refractivity contribution is 5.81. The first-order valence-electron chi connectivity index (χ1n) is 8.86. The Labute approximate surface area is 138 Å². The average Bonchev–Trinajstić information content (AvgIpc) is 3.26. The summed E-state index contributed by atoms with van der Waals surface area (Å²) in [7, 11) is 0. The van der Waals surface area contributed by atoms with Gasteiger partial charge < -0.3 is 10.1 Å². The third kappa shape index (κ3) is 4.32. The van der Waals surface area contributed by atoms with Crippen LogP contribution in [0.3, 0.4) is 0 Å². The molecule has 3 heterocycles. The molecule has 128 valence electrons. The number of nitrogens with one attached hydrogen (secondary N) is 1. The molecule has 0 aromatic carbocycles. The van der Waals surface area contributed by atoms with Crippen LogP contribution < -0.4 is 5.32 Å². The van der Waals surface area contributed by atoms with Crippen LogP contribution in [0.2, 0.25) is 0 Å². The highest BCUT2D eigenvalue weighted by atomic mass is 16.5. The first-order valence-corrected chi connectivity index (χ1v) is 8.86. The molecule has 1 aromatic rings. The fraction of sp³-hybridized carbons (Fsp3) is 0.765. The van der Waals surface area contributed by atoms with E-state index in [0.29, 0.717) is 12.6 Å². The number of carbonyl (C=O) groups excluding carboxylic acids is 1. The fourth-order valence-corrected chi connectivity index (χ4v) is 3.67. The molecule has 3 rings (SSSR count). The molecule has 0 aliphatic carbocycles. The number of aromatic nitrogens is 2. The van der Waals surface area contributed by atoms with Gasteiger partial charge in [0.05, 0.1) is 18.7 Å². The second kappa shape index (κ2) is 7.93. The van der Waals surface area contributed by atoms with Crippen molar-refractivity contribution < 1.29 is 9.53 Å². The molecule has 23 heavy (non-hydrogen) atoms. The Morgan fingerprint density at radius 2 is 2.30 bits per heavy atom. The summed E-state index contributed by atoms with van der Waals surface area (Å²) in [5, 5.41) is 7.38. The van der Waals surface area contributed by atoms with Crippen molar-refractivity contribution in [1.82, 2.24) is 20.0 Å². The van der Waals surface area contributed by atoms with Crippen molar-refractivity contribution in [1.29, 1.82) is 0 Å². The third-order valence-corrected chi connectivity index (χ3v) is 5.03. The maximum atomic E-state index is 12.5. The number of likely N-dealkylation sites (tertiary alicyclic amines) is 1. The Hall–Kier alpha value is -1.40. The van der Waals surface area contributed by atoms with E-state index in [4.69, 9.17) is 4.74 Å². The van der Waals surface area contributed by atoms with Crippen molar-refractivity contribution >= 4 is 5.91 Å². The van der Waals surface area contributed by atoms with Crippen LogP contribution in [0.25, 0.3) is 0 Å². The number of rotatable bonds is 6. The van der Waals surface area contributed by atoms with Crippen LogP contribution in [0, 0.1) is 0 Å². The first kappa shape index (κ1) is 16.5. The van der Waals surface area contributed by atoms with E-state index in [1.165, 1.54) is 12.8 Å². The summed E-state index contributed by atoms with van der Waals surface area (Å²) in [6, 6.07) is 2.23. The minimum Gasteiger partial charge on any atom is -0.376 e. The lowest BCUT2D eigenvalue weighted by Crippen LogP contribution is -2.53. The zero-order valence-electron chi connectivity index (χ0n) is 14.0. The zero-order chi connectivity index (χ0) is 16.1. The molecule has 6 heteroatoms. The number of nitrogens with zero attached hydrogens (tertiary/aromatic N) is 3. The van der Waals surface area contributed by atoms with Crippen molar-refractivity contribution in [2.75, 3.05) is 19.7 Å². The highest BCUT2D eigenvalue weighted by Gasteiger charge is 2.31. The van der Waals surface area contributed by atoms with E-state index in [1.807, 2.05) is 30.1 Å². The van der Waals surface area contributed by atoms with Gasteiger partial charge in [-0.05, 0) is 45.2 Å². The monoisotopic (exact) mass is 320 g/mol. The Morgan fingerprint density at radius 1 is 1.39 bits per heavy atom. The van der Waals surface area contributed by atoms with Crippen LogP contribution in [-0.2, 0) is 16.1 Å². The van der Waals surface area contributed by atoms with Gasteiger partial charge in [0.25, 0.3) is 0 Å². The molecule has 1 N–H and O–H groups in total. The van der Waals surface area contributed by atoms with E-state index in [2.05, 4.69) is 15.3 Å². The molecular weight excluding hydrogens is 292 g/mol. The van der Waals surface area contributed by atoms with E-state index in [0.717, 1.165) is 39.0 Å². The predicted molar refractivity (Wildman–Crippen MR) is 88.0 cm³/mol. The summed E-state index contributed by atoms with van der Waals surface area (Å²) in [5.41, 5.74) is 0. The van der Waals surface area contributed by atoms with E-state index < -0.39 is 0 Å². The second-order valence-corrected chi connectivity index (χ2v) is 6.67. The van der Waals surface area contributed by atoms with Gasteiger partial charge in [-0.25, -0.2) is 0 Å². The van der Waals surface area contributed by atoms with Crippen molar-refractivity contribution in [3.63, 3.8) is 0 Å². The second-order valence-electron chi connectivity index (χ2n) is 6.67. The molecule has 0 saturated carbocycles. The van der Waals surface area contributed by atoms with E-state index in [9.17, 15) is 4.79 Å². The topological polar surface area (TPSA) is 59.4 Å². The maximum absolute atomic E-state index is 12.5. The summed E-state index contributed by atoms with van der Waals surface area (Å²) in [5.74, 6) is 0.118. The van der Waals surface area contributed by atoms with Gasteiger partial charge in [-0.2, -0.15) is 5.10 Å². The minimum atomic E-state index is -0.0998. The van der Waals surface area contributed by atoms with E-state index in [-0.39, 0.29) is 18.1 Å². The average molecular weight is 320 g/mol. The summed E-state index contributed by atoms with van der Waals surface area (Å²) >= 11 is 0. The quantitative estimate of drug-likeness (QED) is 0.861. The van der Waals surface area contributed by atoms with Gasteiger partial charge in [-0.3, -0.25) is 14.4 Å². The summed E-state index contributed by atoms with van der Waals surface area (Å²) in [6.07, 6.45) is 9.69. The third-order valence-electron chi connectivity index (χ3n) is 5.03. The number of amides is 1. The number of carbonyl (C=O) groups is 1. The molecule has 0 spiro atoms. The van der Waals surface area contributed by atoms with Gasteiger partial charge >= 0.3 is 0 Å². The van der Waals surface area contributed by atoms with Crippen LogP contribution in [-0.4, -0.2) is 58.5 Å². The molecule has 6 nitrogen and oxygen atoms in total. The van der Waals surface area contributed by atoms with Gasteiger partial charge in [0, 0.05) is 31.6 Å². The fourth-order valence-electron chi connectivity index (χ4n) is 3.67. The molecule has 0 bridgehead atoms. The number of hydrogen-bond donors (Lipinski definition) is 1. The highest BCUT2D eigenvalue weighted by Crippen LogP contribution is 2.21. The lowest BCUT2D eigenvalue weighted by molar-refractivity contribution is -0.128. The smallest absolute Gasteiger partial charge is 0.237 e. The predicted octanol–water partition coefficient (Wildman–Crippen LogP) is 1.42. The normalized spacial score (nSPS) is 27.0. The Bertz CT molecular complexity index is 485. The Balaban J connectivity index is 1.54. The lowest BCUT2D eigenvalue weighted by atomic mass is 9.99. The molecule has 3 atom stereocenters. The number of hydrogen-bond acceptors (Lipinski definition) is 4. The maximum Gasteiger partial charge on any atom is 0.237 e. The van der Waals surface area contributed by atoms with E-state index >= 15 is 0 Å². The van der Waals surface area contributed by atoms with Crippen molar-refractivity contribution in [3.05, 3.63) is 18.5 Å². The van der Waals surface area contributed by atoms with Crippen LogP contribution in [0.1, 0.15) is 39.0 Å². The van der Waals surface area contributed by atoms with Crippen LogP contribution in [0.4, 0.5) is 0 Å². The number of piperidine rings is 1. The summed E-state index contributed by atoms with van der Waals surface area (Å²) < 4.78 is 7.55. The molecule has 2 fully saturated rings. The van der Waals surface area contributed by atoms with Gasteiger partial charge in [-0.15, -0.1) is 0 Å². The van der Waals surface area contributed by atoms with Crippen LogP contribution >= 0.6 is 0 Å². The number of ether oxygens (including phenoxy) is 1. The molecule has 0 radical (unpaired) electrons. The van der Waals surface area contributed by atoms with E-state index in [1.54, 1.807) is 0 Å². The summed E-state index contributed by atoms with van der Waals surface area (Å²) in [6.45, 7) is 5.33. The van der Waals surface area contributed by atoms with Gasteiger partial charge in [0.2, 0.25) is 5.91 Å². The van der Waals surface area contributed by atoms with Crippen molar-refractivity contribution in [2.24, 2.45) is 0 Å². The lowest BCUT2D eigenvalue weighted by Gasteiger charge is -2.39. The molecule has 2 aliphatic heterocycles. The molecule has 1 aromatic heterocycles. The SMILES string of the molecule is CC(C(=O)NCC1CCCO1)N1CCCCC1Cn1cccn1. The molecular formula is C17H28N4O2. The Kier molecular flexibility index (Phi) is 5.67. The summed E-state index contributed by atoms with van der Waals surface area (Å²) in [4.78, 5) is 14.9. The minimum absolute atomic E-state index is 0.0998. The molecule has 3 unspecified atom stereocenters. The molecule has 2 saturated heterocycles. The Morgan fingerprint density at radius 3 is 3.04 bits per heavy atom. The van der Waals surface area contributed by atoms with Crippen molar-refractivity contribution in [3.8, 4) is 0 Å². The van der Waals surface area contributed by atoms with Gasteiger partial charge in [0.1, 0.15) is 0 Å². The van der Waals surface area contributed by atoms with Gasteiger partial charge in [0.15, 0.2) is 0 Å².